The molecule has 0 saturated heterocycles. The quantitative estimate of drug-likeness (QED) is 0.0472. The molecule has 4 aromatic carbocycles. The molecule has 7 N–H and O–H groups in total. The number of benzodiazepines with no additional fused rings is 2. The lowest BCUT2D eigenvalue weighted by Crippen LogP contribution is -2.51. The summed E-state index contributed by atoms with van der Waals surface area (Å²) in [5.41, 5.74) is 4.29. The fraction of sp³-hybridized carbons (Fsp3) is 0.259. The highest BCUT2D eigenvalue weighted by atomic mass is 16.5. The Bertz CT molecular complexity index is 3290. The number of ether oxygens (including phenoxy) is 1. The normalized spacial score (nSPS) is 14.9. The Morgan fingerprint density at radius 3 is 1.35 bits per heavy atom. The van der Waals surface area contributed by atoms with Crippen molar-refractivity contribution in [3.63, 3.8) is 0 Å². The first-order valence-corrected chi connectivity index (χ1v) is 25.1. The average molecular weight is 1070 g/mol. The number of hydrogen-bond acceptors (Lipinski definition) is 15. The van der Waals surface area contributed by atoms with Crippen molar-refractivity contribution in [2.45, 2.75) is 47.0 Å². The number of Topliss-reactive ketones (excluding diaryl/α,β-unsaturated/α-hetero) is 2. The van der Waals surface area contributed by atoms with Crippen LogP contribution in [0.25, 0.3) is 0 Å². The van der Waals surface area contributed by atoms with Crippen molar-refractivity contribution in [3.05, 3.63) is 168 Å². The highest BCUT2D eigenvalue weighted by Gasteiger charge is 2.39. The van der Waals surface area contributed by atoms with E-state index >= 15 is 0 Å². The SMILES string of the molecule is CNc1cccc(NC(=O)NC2N=C(c3ccccn3)c3ccccc3N(CC(=O)C(C)(C)CO)C2=O)c1.CNc1cccc(NC(=O)NC2N=C(c3ccccn3)c3ccccc3N(CC(=O)C(C)(C)COC(C)=O)C2=O)c1. The molecule has 21 heteroatoms. The Labute approximate surface area is 457 Å². The van der Waals surface area contributed by atoms with Gasteiger partial charge >= 0.3 is 18.0 Å². The molecule has 2 aliphatic rings. The minimum atomic E-state index is -1.38. The maximum Gasteiger partial charge on any atom is 0.321 e. The number of aliphatic hydroxyl groups is 1. The summed E-state index contributed by atoms with van der Waals surface area (Å²) < 4.78 is 5.10. The van der Waals surface area contributed by atoms with E-state index in [1.165, 1.54) is 16.7 Å². The number of benzene rings is 4. The molecule has 21 nitrogen and oxygen atoms in total. The molecule has 0 saturated carbocycles. The topological polar surface area (TPSA) is 278 Å². The van der Waals surface area contributed by atoms with Crippen molar-refractivity contribution in [2.75, 3.05) is 71.5 Å². The van der Waals surface area contributed by atoms with E-state index in [9.17, 15) is 38.7 Å². The second-order valence-electron chi connectivity index (χ2n) is 19.5. The summed E-state index contributed by atoms with van der Waals surface area (Å²) in [6.45, 7) is 6.62. The van der Waals surface area contributed by atoms with Gasteiger partial charge in [-0.05, 0) is 86.6 Å². The number of hydrogen-bond donors (Lipinski definition) is 7. The van der Waals surface area contributed by atoms with Crippen LogP contribution in [0.3, 0.4) is 0 Å². The third kappa shape index (κ3) is 14.3. The molecule has 2 aliphatic heterocycles. The number of ketones is 2. The highest BCUT2D eigenvalue weighted by molar-refractivity contribution is 6.21. The van der Waals surface area contributed by atoms with Crippen molar-refractivity contribution in [1.29, 1.82) is 0 Å². The van der Waals surface area contributed by atoms with Gasteiger partial charge in [-0.2, -0.15) is 0 Å². The Hall–Kier alpha value is -9.63. The number of amides is 6. The number of aliphatic hydroxyl groups excluding tert-OH is 1. The Balaban J connectivity index is 0.000000229. The standard InChI is InChI=1S/C30H32N6O5.C28H30N6O4/c1-19(37)41-18-30(2,3)25(38)17-36-24-14-6-5-12-22(24)26(23-13-7-8-15-32-23)34-27(28(36)39)35-29(40)33-21-11-9-10-20(16-21)31-4;1-28(2,17-35)23(36)16-34-22-13-5-4-11-20(22)24(21-12-6-7-14-30-21)32-25(26(34)37)33-27(38)31-19-10-8-9-18(15-19)29-3/h5-16,27,31H,17-18H2,1-4H3,(H2,33,35,40);4-15,25,29,35H,16-17H2,1-3H3,(H2,31,33,38). The van der Waals surface area contributed by atoms with Gasteiger partial charge in [0.25, 0.3) is 11.8 Å². The van der Waals surface area contributed by atoms with E-state index in [2.05, 4.69) is 51.9 Å². The van der Waals surface area contributed by atoms with Gasteiger partial charge in [0.05, 0.1) is 59.3 Å². The summed E-state index contributed by atoms with van der Waals surface area (Å²) in [4.78, 5) is 113. The number of esters is 1. The van der Waals surface area contributed by atoms with E-state index < -0.39 is 53.0 Å². The average Bonchev–Trinajstić information content (AvgIpc) is 3.72. The van der Waals surface area contributed by atoms with Crippen LogP contribution in [-0.4, -0.2) is 121 Å². The number of carbonyl (C=O) groups is 7. The number of carbonyl (C=O) groups excluding carboxylic acids is 7. The van der Waals surface area contributed by atoms with E-state index in [-0.39, 0.29) is 37.9 Å². The first-order chi connectivity index (χ1) is 37.8. The molecule has 0 radical (unpaired) electrons. The largest absolute Gasteiger partial charge is 0.465 e. The van der Waals surface area contributed by atoms with E-state index in [0.717, 1.165) is 11.4 Å². The summed E-state index contributed by atoms with van der Waals surface area (Å²) in [6, 6.07) is 37.6. The van der Waals surface area contributed by atoms with Crippen LogP contribution >= 0.6 is 0 Å². The van der Waals surface area contributed by atoms with Gasteiger partial charge in [-0.3, -0.25) is 33.9 Å². The summed E-state index contributed by atoms with van der Waals surface area (Å²) in [5.74, 6) is -2.39. The lowest BCUT2D eigenvalue weighted by molar-refractivity contribution is -0.146. The number of rotatable bonds is 17. The molecule has 2 aromatic heterocycles. The molecule has 6 amide bonds. The van der Waals surface area contributed by atoms with Crippen molar-refractivity contribution in [2.24, 2.45) is 20.8 Å². The minimum absolute atomic E-state index is 0.143. The van der Waals surface area contributed by atoms with Gasteiger partial charge in [-0.15, -0.1) is 0 Å². The number of nitrogens with zero attached hydrogens (tertiary/aromatic N) is 6. The number of para-hydroxylation sites is 2. The molecule has 79 heavy (non-hydrogen) atoms. The predicted octanol–water partition coefficient (Wildman–Crippen LogP) is 6.66. The lowest BCUT2D eigenvalue weighted by atomic mass is 9.88. The molecular weight excluding hydrogens is 1010 g/mol. The second kappa shape index (κ2) is 25.5. The van der Waals surface area contributed by atoms with E-state index in [0.29, 0.717) is 56.7 Å². The Kier molecular flexibility index (Phi) is 18.4. The second-order valence-corrected chi connectivity index (χ2v) is 19.5. The fourth-order valence-electron chi connectivity index (χ4n) is 8.04. The molecule has 2 atom stereocenters. The number of urea groups is 2. The van der Waals surface area contributed by atoms with Gasteiger partial charge in [0.15, 0.2) is 11.6 Å². The van der Waals surface area contributed by atoms with Gasteiger partial charge in [-0.25, -0.2) is 19.6 Å². The third-order valence-corrected chi connectivity index (χ3v) is 12.7. The van der Waals surface area contributed by atoms with Gasteiger partial charge in [0.2, 0.25) is 12.3 Å². The van der Waals surface area contributed by atoms with E-state index in [1.807, 2.05) is 12.1 Å². The molecule has 0 fully saturated rings. The smallest absolute Gasteiger partial charge is 0.321 e. The molecule has 4 heterocycles. The maximum atomic E-state index is 14.0. The van der Waals surface area contributed by atoms with E-state index in [4.69, 9.17) is 4.74 Å². The predicted molar refractivity (Wildman–Crippen MR) is 302 cm³/mol. The molecule has 2 unspecified atom stereocenters. The molecule has 0 bridgehead atoms. The zero-order valence-electron chi connectivity index (χ0n) is 44.7. The zero-order valence-corrected chi connectivity index (χ0v) is 44.7. The van der Waals surface area contributed by atoms with Crippen LogP contribution in [-0.2, 0) is 28.7 Å². The maximum absolute atomic E-state index is 14.0. The van der Waals surface area contributed by atoms with Gasteiger partial charge in [0, 0.05) is 72.7 Å². The summed E-state index contributed by atoms with van der Waals surface area (Å²) in [5, 5.41) is 26.5. The van der Waals surface area contributed by atoms with Crippen LogP contribution in [0, 0.1) is 10.8 Å². The summed E-state index contributed by atoms with van der Waals surface area (Å²) in [7, 11) is 3.53. The monoisotopic (exact) mass is 1070 g/mol. The van der Waals surface area contributed by atoms with Crippen molar-refractivity contribution < 1.29 is 43.4 Å². The number of pyridine rings is 2. The molecule has 0 spiro atoms. The molecular formula is C58H62N12O9. The van der Waals surface area contributed by atoms with Crippen LogP contribution in [0.2, 0.25) is 0 Å². The number of fused-ring (bicyclic) bond motifs is 2. The van der Waals surface area contributed by atoms with Crippen LogP contribution in [0.1, 0.15) is 57.1 Å². The summed E-state index contributed by atoms with van der Waals surface area (Å²) in [6.07, 6.45) is 0.492. The van der Waals surface area contributed by atoms with Crippen molar-refractivity contribution in [3.8, 4) is 0 Å². The number of anilines is 6. The molecule has 8 rings (SSSR count). The minimum Gasteiger partial charge on any atom is -0.465 e. The van der Waals surface area contributed by atoms with Crippen LogP contribution in [0.4, 0.5) is 43.7 Å². The Morgan fingerprint density at radius 2 is 0.962 bits per heavy atom. The number of nitrogens with one attached hydrogen (secondary N) is 6. The molecule has 408 valence electrons. The van der Waals surface area contributed by atoms with Gasteiger partial charge in [-0.1, -0.05) is 74.5 Å². The van der Waals surface area contributed by atoms with Crippen LogP contribution in [0.5, 0.6) is 0 Å². The van der Waals surface area contributed by atoms with Gasteiger partial charge < -0.3 is 51.5 Å². The zero-order chi connectivity index (χ0) is 56.9. The molecule has 6 aromatic rings. The van der Waals surface area contributed by atoms with Crippen LogP contribution < -0.4 is 41.7 Å². The number of aromatic nitrogens is 2. The lowest BCUT2D eigenvalue weighted by Gasteiger charge is -2.29. The van der Waals surface area contributed by atoms with Crippen molar-refractivity contribution >= 4 is 87.0 Å². The number of aliphatic imine (C=N–C) groups is 2. The first kappa shape index (κ1) is 57.1. The van der Waals surface area contributed by atoms with Crippen molar-refractivity contribution in [1.82, 2.24) is 20.6 Å². The fourth-order valence-corrected chi connectivity index (χ4v) is 8.04. The van der Waals surface area contributed by atoms with Gasteiger partial charge in [0.1, 0.15) is 6.61 Å². The third-order valence-electron chi connectivity index (χ3n) is 12.7. The first-order valence-electron chi connectivity index (χ1n) is 25.1. The van der Waals surface area contributed by atoms with Crippen LogP contribution in [0.15, 0.2) is 156 Å². The van der Waals surface area contributed by atoms with E-state index in [1.54, 1.807) is 176 Å². The summed E-state index contributed by atoms with van der Waals surface area (Å²) >= 11 is 0. The molecule has 0 aliphatic carbocycles. The highest BCUT2D eigenvalue weighted by Crippen LogP contribution is 2.32. The Morgan fingerprint density at radius 1 is 0.557 bits per heavy atom.